The maximum Gasteiger partial charge on any atom is 0.303 e. The highest BCUT2D eigenvalue weighted by Gasteiger charge is 2.22. The predicted molar refractivity (Wildman–Crippen MR) is 59.3 cm³/mol. The van der Waals surface area contributed by atoms with Gasteiger partial charge in [-0.1, -0.05) is 17.7 Å². The van der Waals surface area contributed by atoms with Crippen molar-refractivity contribution in [2.24, 2.45) is 0 Å². The summed E-state index contributed by atoms with van der Waals surface area (Å²) in [4.78, 5) is 10.7. The molecule has 1 aliphatic rings. The zero-order chi connectivity index (χ0) is 10.8. The monoisotopic (exact) mass is 205 g/mol. The SMILES string of the molecule is Cc1ccc2c(c1)C(CC(=O)O)CCN2. The van der Waals surface area contributed by atoms with Crippen molar-refractivity contribution in [2.45, 2.75) is 25.7 Å². The van der Waals surface area contributed by atoms with Crippen LogP contribution in [0.1, 0.15) is 29.9 Å². The lowest BCUT2D eigenvalue weighted by Crippen LogP contribution is -2.19. The van der Waals surface area contributed by atoms with Gasteiger partial charge in [0.15, 0.2) is 0 Å². The normalized spacial score (nSPS) is 19.1. The lowest BCUT2D eigenvalue weighted by molar-refractivity contribution is -0.137. The fourth-order valence-electron chi connectivity index (χ4n) is 2.14. The molecule has 0 saturated carbocycles. The first-order valence-electron chi connectivity index (χ1n) is 5.23. The average molecular weight is 205 g/mol. The third-order valence-electron chi connectivity index (χ3n) is 2.88. The Morgan fingerprint density at radius 3 is 3.13 bits per heavy atom. The van der Waals surface area contributed by atoms with Gasteiger partial charge >= 0.3 is 5.97 Å². The molecule has 1 aliphatic heterocycles. The fourth-order valence-corrected chi connectivity index (χ4v) is 2.14. The van der Waals surface area contributed by atoms with Crippen LogP contribution in [-0.2, 0) is 4.79 Å². The molecule has 0 amide bonds. The number of carboxylic acids is 1. The summed E-state index contributed by atoms with van der Waals surface area (Å²) in [5.41, 5.74) is 3.44. The molecule has 0 aliphatic carbocycles. The lowest BCUT2D eigenvalue weighted by atomic mass is 9.87. The molecule has 0 saturated heterocycles. The van der Waals surface area contributed by atoms with Crippen molar-refractivity contribution in [1.29, 1.82) is 0 Å². The second-order valence-electron chi connectivity index (χ2n) is 4.10. The molecule has 1 aromatic rings. The number of carboxylic acid groups (broad SMARTS) is 1. The van der Waals surface area contributed by atoms with Crippen LogP contribution in [0.15, 0.2) is 18.2 Å². The van der Waals surface area contributed by atoms with Crippen LogP contribution in [0.2, 0.25) is 0 Å². The van der Waals surface area contributed by atoms with Crippen LogP contribution < -0.4 is 5.32 Å². The van der Waals surface area contributed by atoms with Gasteiger partial charge in [0.2, 0.25) is 0 Å². The Morgan fingerprint density at radius 2 is 2.40 bits per heavy atom. The van der Waals surface area contributed by atoms with E-state index in [0.29, 0.717) is 0 Å². The number of aliphatic carboxylic acids is 1. The molecule has 0 fully saturated rings. The molecular weight excluding hydrogens is 190 g/mol. The molecule has 2 rings (SSSR count). The van der Waals surface area contributed by atoms with E-state index < -0.39 is 5.97 Å². The number of hydrogen-bond donors (Lipinski definition) is 2. The summed E-state index contributed by atoms with van der Waals surface area (Å²) in [5.74, 6) is -0.548. The first-order chi connectivity index (χ1) is 7.16. The van der Waals surface area contributed by atoms with Crippen molar-refractivity contribution in [3.8, 4) is 0 Å². The molecule has 0 aromatic heterocycles. The standard InChI is InChI=1S/C12H15NO2/c1-8-2-3-11-10(6-8)9(4-5-13-11)7-12(14)15/h2-3,6,9,13H,4-5,7H2,1H3,(H,14,15). The van der Waals surface area contributed by atoms with Crippen molar-refractivity contribution in [1.82, 2.24) is 0 Å². The van der Waals surface area contributed by atoms with Crippen LogP contribution in [-0.4, -0.2) is 17.6 Å². The fraction of sp³-hybridized carbons (Fsp3) is 0.417. The summed E-state index contributed by atoms with van der Waals surface area (Å²) in [6.45, 7) is 2.90. The summed E-state index contributed by atoms with van der Waals surface area (Å²) < 4.78 is 0. The Labute approximate surface area is 89.1 Å². The first kappa shape index (κ1) is 10.0. The van der Waals surface area contributed by atoms with E-state index in [2.05, 4.69) is 17.4 Å². The van der Waals surface area contributed by atoms with E-state index in [1.165, 1.54) is 5.56 Å². The largest absolute Gasteiger partial charge is 0.481 e. The quantitative estimate of drug-likeness (QED) is 0.779. The van der Waals surface area contributed by atoms with E-state index in [1.807, 2.05) is 13.0 Å². The molecule has 0 bridgehead atoms. The Morgan fingerprint density at radius 1 is 1.60 bits per heavy atom. The minimum atomic E-state index is -0.714. The number of anilines is 1. The van der Waals surface area contributed by atoms with Crippen LogP contribution in [0.4, 0.5) is 5.69 Å². The first-order valence-corrected chi connectivity index (χ1v) is 5.23. The zero-order valence-corrected chi connectivity index (χ0v) is 8.79. The summed E-state index contributed by atoms with van der Waals surface area (Å²) in [7, 11) is 0. The van der Waals surface area contributed by atoms with E-state index in [0.717, 1.165) is 24.2 Å². The van der Waals surface area contributed by atoms with Crippen molar-refractivity contribution in [3.63, 3.8) is 0 Å². The van der Waals surface area contributed by atoms with Gasteiger partial charge in [-0.25, -0.2) is 0 Å². The minimum Gasteiger partial charge on any atom is -0.481 e. The molecule has 80 valence electrons. The third-order valence-corrected chi connectivity index (χ3v) is 2.88. The van der Waals surface area contributed by atoms with Gasteiger partial charge in [0.1, 0.15) is 0 Å². The molecule has 1 aromatic carbocycles. The van der Waals surface area contributed by atoms with Gasteiger partial charge in [-0.3, -0.25) is 4.79 Å². The maximum absolute atomic E-state index is 10.7. The molecule has 15 heavy (non-hydrogen) atoms. The van der Waals surface area contributed by atoms with Gasteiger partial charge in [-0.05, 0) is 30.9 Å². The minimum absolute atomic E-state index is 0.165. The van der Waals surface area contributed by atoms with Crippen molar-refractivity contribution >= 4 is 11.7 Å². The van der Waals surface area contributed by atoms with Crippen molar-refractivity contribution in [3.05, 3.63) is 29.3 Å². The summed E-state index contributed by atoms with van der Waals surface area (Å²) in [6.07, 6.45) is 1.14. The lowest BCUT2D eigenvalue weighted by Gasteiger charge is -2.26. The van der Waals surface area contributed by atoms with E-state index in [1.54, 1.807) is 0 Å². The predicted octanol–water partition coefficient (Wildman–Crippen LogP) is 2.37. The summed E-state index contributed by atoms with van der Waals surface area (Å²) in [5, 5.41) is 12.1. The Kier molecular flexibility index (Phi) is 2.62. The number of carbonyl (C=O) groups is 1. The van der Waals surface area contributed by atoms with Crippen LogP contribution in [0, 0.1) is 6.92 Å². The van der Waals surface area contributed by atoms with Crippen molar-refractivity contribution in [2.75, 3.05) is 11.9 Å². The van der Waals surface area contributed by atoms with E-state index in [4.69, 9.17) is 5.11 Å². The number of hydrogen-bond acceptors (Lipinski definition) is 2. The second-order valence-corrected chi connectivity index (χ2v) is 4.10. The highest BCUT2D eigenvalue weighted by atomic mass is 16.4. The molecule has 3 nitrogen and oxygen atoms in total. The van der Waals surface area contributed by atoms with E-state index in [-0.39, 0.29) is 12.3 Å². The summed E-state index contributed by atoms with van der Waals surface area (Å²) in [6, 6.07) is 6.18. The van der Waals surface area contributed by atoms with Crippen molar-refractivity contribution < 1.29 is 9.90 Å². The molecule has 3 heteroatoms. The Bertz CT molecular complexity index is 387. The number of aryl methyl sites for hydroxylation is 1. The molecule has 0 radical (unpaired) electrons. The summed E-state index contributed by atoms with van der Waals surface area (Å²) >= 11 is 0. The highest BCUT2D eigenvalue weighted by molar-refractivity contribution is 5.69. The van der Waals surface area contributed by atoms with Gasteiger partial charge in [0.05, 0.1) is 6.42 Å². The Hall–Kier alpha value is -1.51. The van der Waals surface area contributed by atoms with Crippen LogP contribution in [0.3, 0.4) is 0 Å². The second kappa shape index (κ2) is 3.93. The molecule has 1 heterocycles. The molecule has 2 N–H and O–H groups in total. The van der Waals surface area contributed by atoms with Crippen LogP contribution >= 0.6 is 0 Å². The smallest absolute Gasteiger partial charge is 0.303 e. The van der Waals surface area contributed by atoms with E-state index >= 15 is 0 Å². The number of nitrogens with one attached hydrogen (secondary N) is 1. The highest BCUT2D eigenvalue weighted by Crippen LogP contribution is 2.34. The molecular formula is C12H15NO2. The van der Waals surface area contributed by atoms with Gasteiger partial charge in [0.25, 0.3) is 0 Å². The molecule has 0 spiro atoms. The molecule has 1 atom stereocenters. The van der Waals surface area contributed by atoms with E-state index in [9.17, 15) is 4.79 Å². The zero-order valence-electron chi connectivity index (χ0n) is 8.79. The van der Waals surface area contributed by atoms with Crippen LogP contribution in [0.5, 0.6) is 0 Å². The van der Waals surface area contributed by atoms with Gasteiger partial charge in [-0.2, -0.15) is 0 Å². The van der Waals surface area contributed by atoms with Crippen LogP contribution in [0.25, 0.3) is 0 Å². The molecule has 1 unspecified atom stereocenters. The number of benzene rings is 1. The number of rotatable bonds is 2. The Balaban J connectivity index is 2.32. The maximum atomic E-state index is 10.7. The van der Waals surface area contributed by atoms with Gasteiger partial charge in [-0.15, -0.1) is 0 Å². The topological polar surface area (TPSA) is 49.3 Å². The number of fused-ring (bicyclic) bond motifs is 1. The van der Waals surface area contributed by atoms with Gasteiger partial charge < -0.3 is 10.4 Å². The van der Waals surface area contributed by atoms with Gasteiger partial charge in [0, 0.05) is 12.2 Å². The third kappa shape index (κ3) is 2.12. The average Bonchev–Trinajstić information content (AvgIpc) is 2.18.